The molecule has 6 nitrogen and oxygen atoms in total. The van der Waals surface area contributed by atoms with Crippen molar-refractivity contribution in [3.8, 4) is 6.07 Å². The second kappa shape index (κ2) is 10.6. The molecule has 1 saturated heterocycles. The third-order valence-corrected chi connectivity index (χ3v) is 5.78. The summed E-state index contributed by atoms with van der Waals surface area (Å²) in [4.78, 5) is 25.7. The Bertz CT molecular complexity index is 543. The van der Waals surface area contributed by atoms with Crippen molar-refractivity contribution >= 4 is 11.8 Å². The first-order valence-electron chi connectivity index (χ1n) is 10.3. The van der Waals surface area contributed by atoms with E-state index in [2.05, 4.69) is 10.6 Å². The molecule has 2 atom stereocenters. The van der Waals surface area contributed by atoms with E-state index in [0.717, 1.165) is 44.9 Å². The van der Waals surface area contributed by atoms with Crippen molar-refractivity contribution in [3.05, 3.63) is 0 Å². The number of nitrogens with zero attached hydrogens (tertiary/aromatic N) is 2. The first kappa shape index (κ1) is 21.6. The predicted octanol–water partition coefficient (Wildman–Crippen LogP) is 2.44. The zero-order valence-electron chi connectivity index (χ0n) is 16.4. The van der Waals surface area contributed by atoms with E-state index in [1.54, 1.807) is 0 Å². The summed E-state index contributed by atoms with van der Waals surface area (Å²) in [7, 11) is 0. The van der Waals surface area contributed by atoms with Gasteiger partial charge in [-0.3, -0.25) is 9.59 Å². The number of amides is 2. The second-order valence-corrected chi connectivity index (χ2v) is 7.92. The molecule has 2 rings (SSSR count). The van der Waals surface area contributed by atoms with E-state index in [1.807, 2.05) is 13.0 Å². The van der Waals surface area contributed by atoms with Crippen LogP contribution in [-0.2, 0) is 9.59 Å². The number of likely N-dealkylation sites (tertiary alicyclic amines) is 1. The summed E-state index contributed by atoms with van der Waals surface area (Å²) >= 11 is 0. The Balaban J connectivity index is 1.85. The zero-order valence-corrected chi connectivity index (χ0v) is 16.4. The van der Waals surface area contributed by atoms with Gasteiger partial charge in [0.15, 0.2) is 0 Å². The lowest BCUT2D eigenvalue weighted by Gasteiger charge is -2.39. The van der Waals surface area contributed by atoms with Crippen molar-refractivity contribution in [1.29, 1.82) is 5.26 Å². The fourth-order valence-corrected chi connectivity index (χ4v) is 4.23. The van der Waals surface area contributed by atoms with Gasteiger partial charge in [0.1, 0.15) is 12.2 Å². The van der Waals surface area contributed by atoms with Gasteiger partial charge in [-0.05, 0) is 32.1 Å². The summed E-state index contributed by atoms with van der Waals surface area (Å²) in [5, 5.41) is 15.5. The number of carbonyl (C=O) groups excluding carboxylic acids is 2. The number of rotatable bonds is 9. The van der Waals surface area contributed by atoms with Crippen LogP contribution in [0.5, 0.6) is 0 Å². The Hall–Kier alpha value is -1.68. The molecule has 2 fully saturated rings. The fraction of sp³-hybridized carbons (Fsp3) is 0.850. The van der Waals surface area contributed by atoms with Crippen LogP contribution in [0.25, 0.3) is 0 Å². The maximum Gasteiger partial charge on any atom is 0.237 e. The first-order chi connectivity index (χ1) is 13.0. The van der Waals surface area contributed by atoms with E-state index >= 15 is 0 Å². The average molecular weight is 381 g/mol. The van der Waals surface area contributed by atoms with Crippen molar-refractivity contribution in [2.24, 2.45) is 0 Å². The van der Waals surface area contributed by atoms with Crippen molar-refractivity contribution < 1.29 is 14.0 Å². The van der Waals surface area contributed by atoms with E-state index in [-0.39, 0.29) is 36.9 Å². The summed E-state index contributed by atoms with van der Waals surface area (Å²) in [6.45, 7) is 2.89. The summed E-state index contributed by atoms with van der Waals surface area (Å²) in [6, 6.07) is 1.38. The largest absolute Gasteiger partial charge is 0.356 e. The molecular weight excluding hydrogens is 347 g/mol. The van der Waals surface area contributed by atoms with E-state index in [4.69, 9.17) is 5.26 Å². The van der Waals surface area contributed by atoms with Gasteiger partial charge < -0.3 is 15.5 Å². The topological polar surface area (TPSA) is 85.2 Å². The number of nitriles is 1. The van der Waals surface area contributed by atoms with Gasteiger partial charge in [-0.2, -0.15) is 5.26 Å². The lowest BCUT2D eigenvalue weighted by molar-refractivity contribution is -0.131. The second-order valence-electron chi connectivity index (χ2n) is 7.92. The van der Waals surface area contributed by atoms with Gasteiger partial charge in [0.2, 0.25) is 11.8 Å². The van der Waals surface area contributed by atoms with Crippen LogP contribution >= 0.6 is 0 Å². The van der Waals surface area contributed by atoms with Gasteiger partial charge in [-0.15, -0.1) is 0 Å². The molecule has 2 amide bonds. The number of halogens is 1. The highest BCUT2D eigenvalue weighted by atomic mass is 19.1. The monoisotopic (exact) mass is 380 g/mol. The maximum atomic E-state index is 13.6. The van der Waals surface area contributed by atoms with Crippen molar-refractivity contribution in [1.82, 2.24) is 15.5 Å². The molecule has 0 bridgehead atoms. The van der Waals surface area contributed by atoms with Crippen molar-refractivity contribution in [3.63, 3.8) is 0 Å². The highest BCUT2D eigenvalue weighted by molar-refractivity contribution is 5.79. The molecule has 0 spiro atoms. The minimum atomic E-state index is -1.11. The summed E-state index contributed by atoms with van der Waals surface area (Å²) in [5.74, 6) is -0.117. The van der Waals surface area contributed by atoms with E-state index < -0.39 is 12.2 Å². The minimum Gasteiger partial charge on any atom is -0.356 e. The predicted molar refractivity (Wildman–Crippen MR) is 102 cm³/mol. The Morgan fingerprint density at radius 1 is 1.30 bits per heavy atom. The van der Waals surface area contributed by atoms with Crippen LogP contribution in [0.15, 0.2) is 0 Å². The molecule has 0 radical (unpaired) electrons. The maximum absolute atomic E-state index is 13.6. The molecule has 152 valence electrons. The van der Waals surface area contributed by atoms with Crippen LogP contribution < -0.4 is 10.6 Å². The lowest BCUT2D eigenvalue weighted by Crippen LogP contribution is -2.51. The van der Waals surface area contributed by atoms with E-state index in [0.29, 0.717) is 13.0 Å². The molecule has 0 aromatic rings. The van der Waals surface area contributed by atoms with Crippen LogP contribution in [-0.4, -0.2) is 54.1 Å². The number of alkyl halides is 1. The normalized spacial score (nSPS) is 24.4. The third kappa shape index (κ3) is 6.46. The number of nitrogens with one attached hydrogen (secondary N) is 2. The van der Waals surface area contributed by atoms with E-state index in [1.165, 1.54) is 11.3 Å². The quantitative estimate of drug-likeness (QED) is 0.643. The van der Waals surface area contributed by atoms with Gasteiger partial charge in [0, 0.05) is 24.9 Å². The Labute approximate surface area is 161 Å². The number of hydrogen-bond donors (Lipinski definition) is 2. The molecule has 0 aromatic heterocycles. The summed E-state index contributed by atoms with van der Waals surface area (Å²) < 4.78 is 13.6. The highest BCUT2D eigenvalue weighted by Gasteiger charge is 2.37. The smallest absolute Gasteiger partial charge is 0.237 e. The molecule has 1 heterocycles. The van der Waals surface area contributed by atoms with Gasteiger partial charge in [-0.1, -0.05) is 26.2 Å². The van der Waals surface area contributed by atoms with Crippen molar-refractivity contribution in [2.75, 3.05) is 19.6 Å². The highest BCUT2D eigenvalue weighted by Crippen LogP contribution is 2.32. The molecule has 1 saturated carbocycles. The molecule has 2 N–H and O–H groups in total. The fourth-order valence-electron chi connectivity index (χ4n) is 4.23. The SMILES string of the molecule is CCCNC(=O)CCCC1(NCC(=O)N2CC(F)CC2C#N)CCCCC1. The Morgan fingerprint density at radius 3 is 2.70 bits per heavy atom. The van der Waals surface area contributed by atoms with E-state index in [9.17, 15) is 14.0 Å². The number of hydrogen-bond acceptors (Lipinski definition) is 4. The Kier molecular flexibility index (Phi) is 8.49. The molecular formula is C20H33FN4O2. The standard InChI is InChI=1S/C20H33FN4O2/c1-2-11-23-18(26)7-6-10-20(8-4-3-5-9-20)24-14-19(27)25-15-16(21)12-17(25)13-22/h16-17,24H,2-12,14-15H2,1H3,(H,23,26). The lowest BCUT2D eigenvalue weighted by atomic mass is 9.78. The minimum absolute atomic E-state index is 0.0172. The van der Waals surface area contributed by atoms with Crippen molar-refractivity contribution in [2.45, 2.75) is 88.9 Å². The molecule has 1 aliphatic heterocycles. The molecule has 1 aliphatic carbocycles. The molecule has 2 unspecified atom stereocenters. The molecule has 0 aromatic carbocycles. The Morgan fingerprint density at radius 2 is 2.04 bits per heavy atom. The van der Waals surface area contributed by atoms with Gasteiger partial charge >= 0.3 is 0 Å². The van der Waals surface area contributed by atoms with Gasteiger partial charge in [0.05, 0.1) is 19.2 Å². The summed E-state index contributed by atoms with van der Waals surface area (Å²) in [5.41, 5.74) is -0.129. The third-order valence-electron chi connectivity index (χ3n) is 5.78. The average Bonchev–Trinajstić information content (AvgIpc) is 3.06. The first-order valence-corrected chi connectivity index (χ1v) is 10.3. The molecule has 27 heavy (non-hydrogen) atoms. The van der Waals surface area contributed by atoms with Crippen LogP contribution in [0.4, 0.5) is 4.39 Å². The molecule has 2 aliphatic rings. The van der Waals surface area contributed by atoms with Crippen LogP contribution in [0, 0.1) is 11.3 Å². The summed E-state index contributed by atoms with van der Waals surface area (Å²) in [6.07, 6.45) is 7.48. The molecule has 7 heteroatoms. The van der Waals surface area contributed by atoms with Gasteiger partial charge in [0.25, 0.3) is 0 Å². The van der Waals surface area contributed by atoms with Crippen LogP contribution in [0.1, 0.15) is 71.1 Å². The van der Waals surface area contributed by atoms with Crippen LogP contribution in [0.2, 0.25) is 0 Å². The van der Waals surface area contributed by atoms with Gasteiger partial charge in [-0.25, -0.2) is 4.39 Å². The van der Waals surface area contributed by atoms with Crippen LogP contribution in [0.3, 0.4) is 0 Å². The number of carbonyl (C=O) groups is 2. The zero-order chi connectivity index (χ0) is 19.7.